The molecule has 0 heterocycles. The second-order valence-corrected chi connectivity index (χ2v) is 3.57. The van der Waals surface area contributed by atoms with Crippen LogP contribution in [0.25, 0.3) is 0 Å². The normalized spacial score (nSPS) is 10.4. The maximum Gasteiger partial charge on any atom is 0.373 e. The summed E-state index contributed by atoms with van der Waals surface area (Å²) in [7, 11) is 0. The average molecular weight is 208 g/mol. The molecule has 0 N–H and O–H groups in total. The van der Waals surface area contributed by atoms with Gasteiger partial charge in [-0.2, -0.15) is 4.89 Å². The number of carbonyl (C=O) groups excluding carboxylic acids is 1. The van der Waals surface area contributed by atoms with Gasteiger partial charge in [0, 0.05) is 0 Å². The van der Waals surface area contributed by atoms with Gasteiger partial charge in [-0.1, -0.05) is 19.1 Å². The van der Waals surface area contributed by atoms with E-state index in [2.05, 4.69) is 11.8 Å². The van der Waals surface area contributed by atoms with E-state index in [-0.39, 0.29) is 6.10 Å². The third-order valence-electron chi connectivity index (χ3n) is 1.91. The van der Waals surface area contributed by atoms with Crippen LogP contribution in [0.3, 0.4) is 0 Å². The zero-order chi connectivity index (χ0) is 11.3. The van der Waals surface area contributed by atoms with Crippen LogP contribution in [-0.4, -0.2) is 12.1 Å². The molecular weight excluding hydrogens is 192 g/mol. The van der Waals surface area contributed by atoms with E-state index in [1.54, 1.807) is 26.0 Å². The molecule has 0 atom stereocenters. The van der Waals surface area contributed by atoms with Crippen LogP contribution in [0, 0.1) is 0 Å². The third kappa shape index (κ3) is 3.72. The fraction of sp³-hybridized carbons (Fsp3) is 0.417. The predicted molar refractivity (Wildman–Crippen MR) is 57.5 cm³/mol. The zero-order valence-electron chi connectivity index (χ0n) is 9.32. The molecule has 0 unspecified atom stereocenters. The van der Waals surface area contributed by atoms with E-state index in [9.17, 15) is 4.79 Å². The maximum absolute atomic E-state index is 11.4. The molecule has 1 rings (SSSR count). The van der Waals surface area contributed by atoms with Gasteiger partial charge in [0.15, 0.2) is 0 Å². The highest BCUT2D eigenvalue weighted by Crippen LogP contribution is 2.07. The first-order valence-electron chi connectivity index (χ1n) is 5.10. The van der Waals surface area contributed by atoms with Crippen molar-refractivity contribution in [3.05, 3.63) is 35.4 Å². The molecule has 0 aromatic heterocycles. The maximum atomic E-state index is 11.4. The lowest BCUT2D eigenvalue weighted by atomic mass is 10.1. The van der Waals surface area contributed by atoms with Crippen LogP contribution in [0.5, 0.6) is 0 Å². The number of hydrogen-bond donors (Lipinski definition) is 0. The van der Waals surface area contributed by atoms with Crippen LogP contribution in [0.15, 0.2) is 24.3 Å². The number of hydrogen-bond acceptors (Lipinski definition) is 3. The SMILES string of the molecule is CCc1ccc(C(=O)OOC(C)C)cc1. The van der Waals surface area contributed by atoms with Gasteiger partial charge in [0.1, 0.15) is 0 Å². The molecule has 0 radical (unpaired) electrons. The van der Waals surface area contributed by atoms with Crippen molar-refractivity contribution >= 4 is 5.97 Å². The lowest BCUT2D eigenvalue weighted by molar-refractivity contribution is -0.265. The van der Waals surface area contributed by atoms with Gasteiger partial charge in [-0.15, -0.1) is 0 Å². The fourth-order valence-electron chi connectivity index (χ4n) is 1.06. The molecule has 0 bridgehead atoms. The van der Waals surface area contributed by atoms with Gasteiger partial charge in [0.05, 0.1) is 11.7 Å². The number of benzene rings is 1. The first-order valence-corrected chi connectivity index (χ1v) is 5.10. The van der Waals surface area contributed by atoms with Crippen molar-refractivity contribution in [1.29, 1.82) is 0 Å². The number of carbonyl (C=O) groups is 1. The number of rotatable bonds is 4. The van der Waals surface area contributed by atoms with Gasteiger partial charge in [-0.05, 0) is 38.0 Å². The van der Waals surface area contributed by atoms with Crippen LogP contribution < -0.4 is 0 Å². The molecule has 3 nitrogen and oxygen atoms in total. The van der Waals surface area contributed by atoms with Crippen molar-refractivity contribution in [1.82, 2.24) is 0 Å². The highest BCUT2D eigenvalue weighted by atomic mass is 17.2. The molecule has 1 aromatic rings. The summed E-state index contributed by atoms with van der Waals surface area (Å²) in [5.41, 5.74) is 1.70. The lowest BCUT2D eigenvalue weighted by Gasteiger charge is -2.06. The van der Waals surface area contributed by atoms with E-state index in [0.717, 1.165) is 6.42 Å². The topological polar surface area (TPSA) is 35.5 Å². The van der Waals surface area contributed by atoms with Crippen LogP contribution in [0.1, 0.15) is 36.7 Å². The Balaban J connectivity index is 2.58. The molecule has 3 heteroatoms. The highest BCUT2D eigenvalue weighted by molar-refractivity contribution is 5.88. The quantitative estimate of drug-likeness (QED) is 0.563. The zero-order valence-corrected chi connectivity index (χ0v) is 9.32. The van der Waals surface area contributed by atoms with Gasteiger partial charge in [-0.25, -0.2) is 4.79 Å². The summed E-state index contributed by atoms with van der Waals surface area (Å²) >= 11 is 0. The summed E-state index contributed by atoms with van der Waals surface area (Å²) in [5.74, 6) is -0.452. The van der Waals surface area contributed by atoms with Crippen LogP contribution >= 0.6 is 0 Å². The Morgan fingerprint density at radius 1 is 1.27 bits per heavy atom. The largest absolute Gasteiger partial charge is 0.373 e. The minimum atomic E-state index is -0.452. The molecule has 0 aliphatic heterocycles. The molecule has 0 aliphatic carbocycles. The van der Waals surface area contributed by atoms with Crippen LogP contribution in [0.2, 0.25) is 0 Å². The molecule has 15 heavy (non-hydrogen) atoms. The predicted octanol–water partition coefficient (Wildman–Crippen LogP) is 2.75. The van der Waals surface area contributed by atoms with Crippen LogP contribution in [-0.2, 0) is 16.2 Å². The first kappa shape index (κ1) is 11.7. The Bertz CT molecular complexity index is 314. The van der Waals surface area contributed by atoms with Crippen molar-refractivity contribution in [2.45, 2.75) is 33.3 Å². The van der Waals surface area contributed by atoms with E-state index in [1.807, 2.05) is 12.1 Å². The van der Waals surface area contributed by atoms with Crippen molar-refractivity contribution in [3.8, 4) is 0 Å². The molecule has 0 spiro atoms. The molecule has 0 amide bonds. The number of aryl methyl sites for hydroxylation is 1. The Kier molecular flexibility index (Phi) is 4.31. The minimum Gasteiger partial charge on any atom is -0.293 e. The first-order chi connectivity index (χ1) is 7.13. The van der Waals surface area contributed by atoms with Gasteiger partial charge in [0.2, 0.25) is 0 Å². The van der Waals surface area contributed by atoms with Crippen LogP contribution in [0.4, 0.5) is 0 Å². The van der Waals surface area contributed by atoms with Gasteiger partial charge in [-0.3, -0.25) is 4.89 Å². The average Bonchev–Trinajstić information content (AvgIpc) is 2.26. The van der Waals surface area contributed by atoms with Gasteiger partial charge < -0.3 is 0 Å². The van der Waals surface area contributed by atoms with Crippen molar-refractivity contribution < 1.29 is 14.6 Å². The Labute approximate surface area is 89.9 Å². The minimum absolute atomic E-state index is 0.121. The molecule has 1 aromatic carbocycles. The van der Waals surface area contributed by atoms with Gasteiger partial charge in [0.25, 0.3) is 0 Å². The molecule has 0 saturated carbocycles. The monoisotopic (exact) mass is 208 g/mol. The second-order valence-electron chi connectivity index (χ2n) is 3.57. The van der Waals surface area contributed by atoms with E-state index in [4.69, 9.17) is 4.89 Å². The smallest absolute Gasteiger partial charge is 0.293 e. The molecule has 82 valence electrons. The standard InChI is InChI=1S/C12H16O3/c1-4-10-5-7-11(8-6-10)12(13)15-14-9(2)3/h5-9H,4H2,1-3H3. The van der Waals surface area contributed by atoms with E-state index in [0.29, 0.717) is 5.56 Å². The van der Waals surface area contributed by atoms with E-state index < -0.39 is 5.97 Å². The van der Waals surface area contributed by atoms with Crippen molar-refractivity contribution in [2.75, 3.05) is 0 Å². The molecular formula is C12H16O3. The summed E-state index contributed by atoms with van der Waals surface area (Å²) < 4.78 is 0. The molecule has 0 fully saturated rings. The molecule has 0 aliphatic rings. The summed E-state index contributed by atoms with van der Waals surface area (Å²) in [6.45, 7) is 5.66. The Hall–Kier alpha value is -1.35. The second kappa shape index (κ2) is 5.51. The summed E-state index contributed by atoms with van der Waals surface area (Å²) in [5, 5.41) is 0. The lowest BCUT2D eigenvalue weighted by Crippen LogP contribution is -2.10. The molecule has 0 saturated heterocycles. The Morgan fingerprint density at radius 3 is 2.33 bits per heavy atom. The summed E-state index contributed by atoms with van der Waals surface area (Å²) in [6.07, 6.45) is 0.835. The highest BCUT2D eigenvalue weighted by Gasteiger charge is 2.08. The van der Waals surface area contributed by atoms with Gasteiger partial charge >= 0.3 is 5.97 Å². The van der Waals surface area contributed by atoms with E-state index in [1.165, 1.54) is 5.56 Å². The third-order valence-corrected chi connectivity index (χ3v) is 1.91. The van der Waals surface area contributed by atoms with E-state index >= 15 is 0 Å². The fourth-order valence-corrected chi connectivity index (χ4v) is 1.06. The summed E-state index contributed by atoms with van der Waals surface area (Å²) in [6, 6.07) is 7.30. The summed E-state index contributed by atoms with van der Waals surface area (Å²) in [4.78, 5) is 20.8. The Morgan fingerprint density at radius 2 is 1.87 bits per heavy atom. The van der Waals surface area contributed by atoms with Crippen molar-refractivity contribution in [2.24, 2.45) is 0 Å². The van der Waals surface area contributed by atoms with Crippen molar-refractivity contribution in [3.63, 3.8) is 0 Å².